The van der Waals surface area contributed by atoms with Crippen molar-refractivity contribution in [1.29, 1.82) is 0 Å². The van der Waals surface area contributed by atoms with E-state index in [9.17, 15) is 0 Å². The highest BCUT2D eigenvalue weighted by molar-refractivity contribution is 9.10. The van der Waals surface area contributed by atoms with Crippen LogP contribution >= 0.6 is 15.9 Å². The number of hydrogen-bond acceptors (Lipinski definition) is 2. The molecule has 1 saturated carbocycles. The highest BCUT2D eigenvalue weighted by Crippen LogP contribution is 2.32. The number of nitrogens with one attached hydrogen (secondary N) is 1. The highest BCUT2D eigenvalue weighted by atomic mass is 79.9. The maximum absolute atomic E-state index is 4.64. The van der Waals surface area contributed by atoms with E-state index in [2.05, 4.69) is 62.1 Å². The Labute approximate surface area is 128 Å². The number of anilines is 1. The Morgan fingerprint density at radius 1 is 1.30 bits per heavy atom. The van der Waals surface area contributed by atoms with E-state index < -0.39 is 0 Å². The molecule has 4 heteroatoms. The zero-order valence-electron chi connectivity index (χ0n) is 11.8. The maximum Gasteiger partial charge on any atom is 0.203 e. The van der Waals surface area contributed by atoms with Crippen molar-refractivity contribution in [2.75, 3.05) is 5.32 Å². The van der Waals surface area contributed by atoms with Crippen LogP contribution < -0.4 is 5.32 Å². The average Bonchev–Trinajstić information content (AvgIpc) is 3.07. The van der Waals surface area contributed by atoms with Crippen LogP contribution in [0.4, 0.5) is 5.95 Å². The molecule has 3 rings (SSSR count). The van der Waals surface area contributed by atoms with Crippen molar-refractivity contribution in [2.45, 2.75) is 45.2 Å². The number of hydrogen-bond donors (Lipinski definition) is 1. The molecule has 0 spiro atoms. The smallest absolute Gasteiger partial charge is 0.203 e. The zero-order valence-corrected chi connectivity index (χ0v) is 13.4. The Morgan fingerprint density at radius 3 is 2.80 bits per heavy atom. The number of aromatic nitrogens is 2. The number of aryl methyl sites for hydroxylation is 1. The normalized spacial score (nSPS) is 15.7. The molecule has 1 heterocycles. The third-order valence-corrected chi connectivity index (χ3v) is 4.74. The van der Waals surface area contributed by atoms with Crippen LogP contribution in [0.15, 0.2) is 34.9 Å². The van der Waals surface area contributed by atoms with Gasteiger partial charge < -0.3 is 9.88 Å². The summed E-state index contributed by atoms with van der Waals surface area (Å²) in [5.41, 5.74) is 2.35. The van der Waals surface area contributed by atoms with Crippen LogP contribution in [0.5, 0.6) is 0 Å². The first-order chi connectivity index (χ1) is 9.74. The molecule has 1 aromatic carbocycles. The second-order valence-electron chi connectivity index (χ2n) is 5.50. The first-order valence-electron chi connectivity index (χ1n) is 7.27. The Morgan fingerprint density at radius 2 is 2.05 bits per heavy atom. The highest BCUT2D eigenvalue weighted by Gasteiger charge is 2.20. The fourth-order valence-electron chi connectivity index (χ4n) is 2.92. The fraction of sp³-hybridized carbons (Fsp3) is 0.438. The summed E-state index contributed by atoms with van der Waals surface area (Å²) in [5.74, 6) is 1.00. The summed E-state index contributed by atoms with van der Waals surface area (Å²) >= 11 is 3.59. The Kier molecular flexibility index (Phi) is 4.10. The van der Waals surface area contributed by atoms with Crippen molar-refractivity contribution >= 4 is 21.9 Å². The molecule has 106 valence electrons. The second kappa shape index (κ2) is 6.00. The van der Waals surface area contributed by atoms with Gasteiger partial charge in [0.2, 0.25) is 5.95 Å². The molecule has 3 nitrogen and oxygen atoms in total. The number of rotatable bonds is 4. The fourth-order valence-corrected chi connectivity index (χ4v) is 3.35. The topological polar surface area (TPSA) is 29.9 Å². The lowest BCUT2D eigenvalue weighted by atomic mass is 10.2. The molecule has 1 aromatic heterocycles. The van der Waals surface area contributed by atoms with Crippen molar-refractivity contribution in [1.82, 2.24) is 9.55 Å². The molecule has 2 aromatic rings. The minimum Gasteiger partial charge on any atom is -0.352 e. The first kappa shape index (κ1) is 13.7. The van der Waals surface area contributed by atoms with Crippen LogP contribution in [0.2, 0.25) is 0 Å². The summed E-state index contributed by atoms with van der Waals surface area (Å²) in [6.07, 6.45) is 7.41. The summed E-state index contributed by atoms with van der Waals surface area (Å²) in [6.45, 7) is 2.86. The Bertz CT molecular complexity index is 585. The van der Waals surface area contributed by atoms with E-state index in [0.717, 1.165) is 22.7 Å². The summed E-state index contributed by atoms with van der Waals surface area (Å²) < 4.78 is 3.47. The summed E-state index contributed by atoms with van der Waals surface area (Å²) in [7, 11) is 0. The molecule has 20 heavy (non-hydrogen) atoms. The molecular weight excluding hydrogens is 314 g/mol. The zero-order chi connectivity index (χ0) is 13.9. The number of halogens is 1. The van der Waals surface area contributed by atoms with E-state index >= 15 is 0 Å². The van der Waals surface area contributed by atoms with Gasteiger partial charge in [-0.05, 0) is 31.4 Å². The van der Waals surface area contributed by atoms with Crippen LogP contribution in [-0.2, 0) is 6.54 Å². The Balaban J connectivity index is 1.75. The van der Waals surface area contributed by atoms with E-state index in [4.69, 9.17) is 0 Å². The minimum absolute atomic E-state index is 0.623. The third kappa shape index (κ3) is 2.90. The SMILES string of the molecule is Cc1cn(C2CCCC2)c(NCc2ccccc2Br)n1. The molecule has 1 aliphatic carbocycles. The molecule has 0 atom stereocenters. The molecule has 1 fully saturated rings. The van der Waals surface area contributed by atoms with Gasteiger partial charge in [0.1, 0.15) is 0 Å². The van der Waals surface area contributed by atoms with Crippen LogP contribution in [-0.4, -0.2) is 9.55 Å². The van der Waals surface area contributed by atoms with Gasteiger partial charge in [0.05, 0.1) is 5.69 Å². The van der Waals surface area contributed by atoms with Gasteiger partial charge in [-0.15, -0.1) is 0 Å². The summed E-state index contributed by atoms with van der Waals surface area (Å²) in [5, 5.41) is 3.49. The standard InChI is InChI=1S/C16H20BrN3/c1-12-11-20(14-7-3-4-8-14)16(19-12)18-10-13-6-2-5-9-15(13)17/h2,5-6,9,11,14H,3-4,7-8,10H2,1H3,(H,18,19). The van der Waals surface area contributed by atoms with Gasteiger partial charge in [-0.3, -0.25) is 0 Å². The molecule has 0 aliphatic heterocycles. The lowest BCUT2D eigenvalue weighted by Crippen LogP contribution is -2.10. The van der Waals surface area contributed by atoms with Crippen LogP contribution in [0.3, 0.4) is 0 Å². The van der Waals surface area contributed by atoms with Crippen LogP contribution in [0.1, 0.15) is 43.0 Å². The predicted molar refractivity (Wildman–Crippen MR) is 85.9 cm³/mol. The van der Waals surface area contributed by atoms with Crippen molar-refractivity contribution in [3.05, 3.63) is 46.2 Å². The summed E-state index contributed by atoms with van der Waals surface area (Å²) in [6, 6.07) is 8.93. The van der Waals surface area contributed by atoms with Crippen molar-refractivity contribution < 1.29 is 0 Å². The van der Waals surface area contributed by atoms with Gasteiger partial charge in [-0.25, -0.2) is 4.98 Å². The van der Waals surface area contributed by atoms with E-state index in [1.165, 1.54) is 31.2 Å². The molecule has 1 aliphatic rings. The van der Waals surface area contributed by atoms with Gasteiger partial charge >= 0.3 is 0 Å². The first-order valence-corrected chi connectivity index (χ1v) is 8.06. The summed E-state index contributed by atoms with van der Waals surface area (Å²) in [4.78, 5) is 4.64. The Hall–Kier alpha value is -1.29. The van der Waals surface area contributed by atoms with Crippen molar-refractivity contribution in [2.24, 2.45) is 0 Å². The molecule has 1 N–H and O–H groups in total. The number of imidazole rings is 1. The van der Waals surface area contributed by atoms with E-state index in [-0.39, 0.29) is 0 Å². The van der Waals surface area contributed by atoms with Gasteiger partial charge in [-0.1, -0.05) is 47.0 Å². The van der Waals surface area contributed by atoms with Gasteiger partial charge in [0.25, 0.3) is 0 Å². The molecule has 0 amide bonds. The van der Waals surface area contributed by atoms with E-state index in [0.29, 0.717) is 6.04 Å². The maximum atomic E-state index is 4.64. The largest absolute Gasteiger partial charge is 0.352 e. The van der Waals surface area contributed by atoms with Gasteiger partial charge in [0.15, 0.2) is 0 Å². The quantitative estimate of drug-likeness (QED) is 0.880. The lowest BCUT2D eigenvalue weighted by molar-refractivity contribution is 0.522. The molecule has 0 bridgehead atoms. The second-order valence-corrected chi connectivity index (χ2v) is 6.35. The molecular formula is C16H20BrN3. The van der Waals surface area contributed by atoms with Crippen molar-refractivity contribution in [3.63, 3.8) is 0 Å². The monoisotopic (exact) mass is 333 g/mol. The lowest BCUT2D eigenvalue weighted by Gasteiger charge is -2.16. The van der Waals surface area contributed by atoms with E-state index in [1.54, 1.807) is 0 Å². The molecule has 0 saturated heterocycles. The molecule has 0 unspecified atom stereocenters. The van der Waals surface area contributed by atoms with Crippen molar-refractivity contribution in [3.8, 4) is 0 Å². The average molecular weight is 334 g/mol. The molecule has 0 radical (unpaired) electrons. The van der Waals surface area contributed by atoms with Gasteiger partial charge in [0, 0.05) is 23.3 Å². The van der Waals surface area contributed by atoms with Gasteiger partial charge in [-0.2, -0.15) is 0 Å². The third-order valence-electron chi connectivity index (χ3n) is 3.97. The van der Waals surface area contributed by atoms with Crippen LogP contribution in [0, 0.1) is 6.92 Å². The minimum atomic E-state index is 0.623. The van der Waals surface area contributed by atoms with Crippen LogP contribution in [0.25, 0.3) is 0 Å². The predicted octanol–water partition coefficient (Wildman–Crippen LogP) is 4.68. The number of nitrogens with zero attached hydrogens (tertiary/aromatic N) is 2. The number of benzene rings is 1. The van der Waals surface area contributed by atoms with E-state index in [1.807, 2.05) is 6.07 Å².